The molecule has 0 fully saturated rings. The maximum Gasteiger partial charge on any atom is 0.186 e. The van der Waals surface area contributed by atoms with Gasteiger partial charge in [-0.1, -0.05) is 66.2 Å². The largest absolute Gasteiger partial charge is 0.360 e. The standard InChI is InChI=1S/C28H25ClN4O/c1-33-18-22(16-32-33)21-9-12-24-25(17-31-26(24)15-21)28(34)27(20-5-3-2-4-6-20)30-14-13-19-7-10-23(29)11-8-19/h2-12,15-18,27,30-31H,13-14H2,1H3. The normalized spacial score (nSPS) is 12.2. The average molecular weight is 469 g/mol. The summed E-state index contributed by atoms with van der Waals surface area (Å²) in [6.45, 7) is 0.667. The van der Waals surface area contributed by atoms with Gasteiger partial charge in [0.25, 0.3) is 0 Å². The van der Waals surface area contributed by atoms with Crippen LogP contribution in [0.3, 0.4) is 0 Å². The number of aryl methyl sites for hydroxylation is 1. The van der Waals surface area contributed by atoms with Gasteiger partial charge >= 0.3 is 0 Å². The molecular weight excluding hydrogens is 444 g/mol. The van der Waals surface area contributed by atoms with Crippen LogP contribution in [0.4, 0.5) is 0 Å². The van der Waals surface area contributed by atoms with Crippen molar-refractivity contribution in [2.75, 3.05) is 6.54 Å². The molecule has 34 heavy (non-hydrogen) atoms. The van der Waals surface area contributed by atoms with Crippen molar-refractivity contribution in [1.29, 1.82) is 0 Å². The zero-order chi connectivity index (χ0) is 23.5. The summed E-state index contributed by atoms with van der Waals surface area (Å²) in [4.78, 5) is 17.0. The van der Waals surface area contributed by atoms with Gasteiger partial charge in [0, 0.05) is 53.0 Å². The van der Waals surface area contributed by atoms with E-state index in [-0.39, 0.29) is 5.78 Å². The maximum atomic E-state index is 13.8. The van der Waals surface area contributed by atoms with Crippen molar-refractivity contribution in [3.63, 3.8) is 0 Å². The number of nitrogens with zero attached hydrogens (tertiary/aromatic N) is 2. The fraction of sp³-hybridized carbons (Fsp3) is 0.143. The number of hydrogen-bond donors (Lipinski definition) is 2. The van der Waals surface area contributed by atoms with E-state index in [0.29, 0.717) is 12.1 Å². The van der Waals surface area contributed by atoms with E-state index in [0.717, 1.165) is 39.0 Å². The Bertz CT molecular complexity index is 1420. The van der Waals surface area contributed by atoms with E-state index in [1.807, 2.05) is 92.4 Å². The second-order valence-electron chi connectivity index (χ2n) is 8.40. The SMILES string of the molecule is Cn1cc(-c2ccc3c(C(=O)C(NCCc4ccc(Cl)cc4)c4ccccc4)c[nH]c3c2)cn1. The third-order valence-electron chi connectivity index (χ3n) is 6.06. The fourth-order valence-electron chi connectivity index (χ4n) is 4.25. The average Bonchev–Trinajstić information content (AvgIpc) is 3.49. The lowest BCUT2D eigenvalue weighted by molar-refractivity contribution is 0.0945. The Morgan fingerprint density at radius 1 is 1.06 bits per heavy atom. The number of rotatable bonds is 8. The van der Waals surface area contributed by atoms with Gasteiger partial charge in [-0.25, -0.2) is 0 Å². The van der Waals surface area contributed by atoms with Crippen LogP contribution < -0.4 is 5.32 Å². The van der Waals surface area contributed by atoms with Gasteiger partial charge in [0.05, 0.1) is 12.2 Å². The van der Waals surface area contributed by atoms with E-state index >= 15 is 0 Å². The lowest BCUT2D eigenvalue weighted by Crippen LogP contribution is -2.30. The van der Waals surface area contributed by atoms with Crippen LogP contribution in [0.15, 0.2) is 91.4 Å². The predicted octanol–water partition coefficient (Wildman–Crippen LogP) is 5.98. The van der Waals surface area contributed by atoms with Gasteiger partial charge in [-0.2, -0.15) is 5.10 Å². The van der Waals surface area contributed by atoms with Gasteiger partial charge in [0.15, 0.2) is 5.78 Å². The number of Topliss-reactive ketones (excluding diaryl/α,β-unsaturated/α-hetero) is 1. The quantitative estimate of drug-likeness (QED) is 0.275. The summed E-state index contributed by atoms with van der Waals surface area (Å²) in [6, 6.07) is 23.4. The summed E-state index contributed by atoms with van der Waals surface area (Å²) in [5, 5.41) is 9.38. The first kappa shape index (κ1) is 22.1. The number of hydrogen-bond acceptors (Lipinski definition) is 3. The molecule has 0 aliphatic carbocycles. The molecule has 5 rings (SSSR count). The summed E-state index contributed by atoms with van der Waals surface area (Å²) in [5.41, 5.74) is 5.83. The molecule has 0 amide bonds. The number of carbonyl (C=O) groups excluding carboxylic acids is 1. The highest BCUT2D eigenvalue weighted by molar-refractivity contribution is 6.30. The number of aromatic nitrogens is 3. The third kappa shape index (κ3) is 4.67. The molecule has 0 bridgehead atoms. The Morgan fingerprint density at radius 3 is 2.59 bits per heavy atom. The lowest BCUT2D eigenvalue weighted by Gasteiger charge is -2.18. The van der Waals surface area contributed by atoms with E-state index < -0.39 is 6.04 Å². The number of benzene rings is 3. The minimum Gasteiger partial charge on any atom is -0.360 e. The molecule has 2 heterocycles. The molecule has 5 nitrogen and oxygen atoms in total. The lowest BCUT2D eigenvalue weighted by atomic mass is 9.96. The number of carbonyl (C=O) groups is 1. The molecule has 170 valence electrons. The van der Waals surface area contributed by atoms with Crippen molar-refractivity contribution in [2.45, 2.75) is 12.5 Å². The minimum absolute atomic E-state index is 0.0442. The number of H-pyrrole nitrogens is 1. The van der Waals surface area contributed by atoms with Crippen LogP contribution in [0.2, 0.25) is 5.02 Å². The number of fused-ring (bicyclic) bond motifs is 1. The van der Waals surface area contributed by atoms with E-state index in [1.54, 1.807) is 4.68 Å². The molecule has 2 N–H and O–H groups in total. The zero-order valence-corrected chi connectivity index (χ0v) is 19.6. The molecule has 6 heteroatoms. The molecule has 1 unspecified atom stereocenters. The molecule has 0 saturated carbocycles. The van der Waals surface area contributed by atoms with Crippen LogP contribution in [0.25, 0.3) is 22.0 Å². The Balaban J connectivity index is 1.40. The van der Waals surface area contributed by atoms with Crippen LogP contribution in [-0.4, -0.2) is 27.1 Å². The second-order valence-corrected chi connectivity index (χ2v) is 8.84. The van der Waals surface area contributed by atoms with Crippen molar-refractivity contribution >= 4 is 28.3 Å². The highest BCUT2D eigenvalue weighted by Crippen LogP contribution is 2.28. The highest BCUT2D eigenvalue weighted by atomic mass is 35.5. The van der Waals surface area contributed by atoms with Crippen LogP contribution in [0, 0.1) is 0 Å². The van der Waals surface area contributed by atoms with E-state index in [9.17, 15) is 4.79 Å². The van der Waals surface area contributed by atoms with E-state index in [1.165, 1.54) is 5.56 Å². The molecular formula is C28H25ClN4O. The van der Waals surface area contributed by atoms with Gasteiger partial charge in [-0.15, -0.1) is 0 Å². The van der Waals surface area contributed by atoms with Crippen molar-refractivity contribution < 1.29 is 4.79 Å². The second kappa shape index (κ2) is 9.67. The first-order valence-corrected chi connectivity index (χ1v) is 11.6. The fourth-order valence-corrected chi connectivity index (χ4v) is 4.38. The van der Waals surface area contributed by atoms with Gasteiger partial charge in [-0.3, -0.25) is 9.48 Å². The number of ketones is 1. The molecule has 0 aliphatic heterocycles. The number of aromatic amines is 1. The summed E-state index contributed by atoms with van der Waals surface area (Å²) >= 11 is 6.00. The first-order chi connectivity index (χ1) is 16.6. The smallest absolute Gasteiger partial charge is 0.186 e. The van der Waals surface area contributed by atoms with Crippen LogP contribution in [0.5, 0.6) is 0 Å². The molecule has 5 aromatic rings. The van der Waals surface area contributed by atoms with Crippen LogP contribution in [0.1, 0.15) is 27.5 Å². The summed E-state index contributed by atoms with van der Waals surface area (Å²) in [7, 11) is 1.90. The van der Waals surface area contributed by atoms with E-state index in [2.05, 4.69) is 21.5 Å². The van der Waals surface area contributed by atoms with Gasteiger partial charge in [0.1, 0.15) is 0 Å². The summed E-state index contributed by atoms with van der Waals surface area (Å²) in [6.07, 6.45) is 6.44. The van der Waals surface area contributed by atoms with Crippen LogP contribution in [-0.2, 0) is 13.5 Å². The molecule has 0 aliphatic rings. The molecule has 0 radical (unpaired) electrons. The topological polar surface area (TPSA) is 62.7 Å². The minimum atomic E-state index is -0.439. The summed E-state index contributed by atoms with van der Waals surface area (Å²) < 4.78 is 1.78. The van der Waals surface area contributed by atoms with Gasteiger partial charge in [0.2, 0.25) is 0 Å². The van der Waals surface area contributed by atoms with Crippen molar-refractivity contribution in [2.24, 2.45) is 7.05 Å². The Labute approximate surface area is 203 Å². The highest BCUT2D eigenvalue weighted by Gasteiger charge is 2.24. The number of halogens is 1. The molecule has 0 spiro atoms. The maximum absolute atomic E-state index is 13.8. The Morgan fingerprint density at radius 2 is 1.85 bits per heavy atom. The Kier molecular flexibility index (Phi) is 6.30. The van der Waals surface area contributed by atoms with Crippen molar-refractivity contribution in [3.05, 3.63) is 113 Å². The van der Waals surface area contributed by atoms with E-state index in [4.69, 9.17) is 11.6 Å². The molecule has 0 saturated heterocycles. The predicted molar refractivity (Wildman–Crippen MR) is 137 cm³/mol. The van der Waals surface area contributed by atoms with Gasteiger partial charge < -0.3 is 10.3 Å². The third-order valence-corrected chi connectivity index (χ3v) is 6.31. The van der Waals surface area contributed by atoms with Crippen LogP contribution >= 0.6 is 11.6 Å². The van der Waals surface area contributed by atoms with Crippen molar-refractivity contribution in [3.8, 4) is 11.1 Å². The zero-order valence-electron chi connectivity index (χ0n) is 18.8. The monoisotopic (exact) mass is 468 g/mol. The van der Waals surface area contributed by atoms with Crippen molar-refractivity contribution in [1.82, 2.24) is 20.1 Å². The molecule has 3 aromatic carbocycles. The summed E-state index contributed by atoms with van der Waals surface area (Å²) in [5.74, 6) is 0.0442. The first-order valence-electron chi connectivity index (χ1n) is 11.3. The Hall–Kier alpha value is -3.67. The van der Waals surface area contributed by atoms with Gasteiger partial charge in [-0.05, 0) is 41.3 Å². The molecule has 2 aromatic heterocycles. The number of nitrogens with one attached hydrogen (secondary N) is 2. The molecule has 1 atom stereocenters.